The van der Waals surface area contributed by atoms with Crippen molar-refractivity contribution in [2.24, 2.45) is 11.8 Å². The Morgan fingerprint density at radius 3 is 1.57 bits per heavy atom. The molecule has 1 unspecified atom stereocenters. The van der Waals surface area contributed by atoms with Gasteiger partial charge in [0.1, 0.15) is 0 Å². The first-order valence-electron chi connectivity index (χ1n) is 13.7. The van der Waals surface area contributed by atoms with E-state index in [1.807, 2.05) is 13.8 Å². The third kappa shape index (κ3) is 30.7. The van der Waals surface area contributed by atoms with Gasteiger partial charge >= 0.3 is 18.1 Å². The Labute approximate surface area is 211 Å². The van der Waals surface area contributed by atoms with Gasteiger partial charge in [-0.15, -0.1) is 0 Å². The predicted molar refractivity (Wildman–Crippen MR) is 137 cm³/mol. The maximum Gasteiger partial charge on any atom is 0.389 e. The third-order valence-electron chi connectivity index (χ3n) is 6.06. The number of nitrogens with one attached hydrogen (secondary N) is 1. The summed E-state index contributed by atoms with van der Waals surface area (Å²) in [7, 11) is 0. The SMILES string of the molecule is CC(C)C(CCNCCCC(F)(F)F)C(=O)O.CCCCCCCCCCCCCCCC(=O)O. The molecule has 35 heavy (non-hydrogen) atoms. The molecule has 0 rings (SSSR count). The van der Waals surface area contributed by atoms with Crippen LogP contribution in [0, 0.1) is 11.8 Å². The van der Waals surface area contributed by atoms with Gasteiger partial charge in [0.15, 0.2) is 0 Å². The van der Waals surface area contributed by atoms with Crippen molar-refractivity contribution in [2.45, 2.75) is 136 Å². The van der Waals surface area contributed by atoms with Crippen molar-refractivity contribution < 1.29 is 33.0 Å². The van der Waals surface area contributed by atoms with Gasteiger partial charge in [0.25, 0.3) is 0 Å². The molecule has 0 aliphatic rings. The smallest absolute Gasteiger partial charge is 0.389 e. The summed E-state index contributed by atoms with van der Waals surface area (Å²) in [4.78, 5) is 21.1. The Morgan fingerprint density at radius 2 is 1.20 bits per heavy atom. The first kappa shape index (κ1) is 35.8. The minimum atomic E-state index is -4.11. The van der Waals surface area contributed by atoms with Crippen LogP contribution in [-0.2, 0) is 9.59 Å². The zero-order valence-electron chi connectivity index (χ0n) is 22.4. The number of carboxylic acids is 2. The van der Waals surface area contributed by atoms with Gasteiger partial charge in [0.05, 0.1) is 5.92 Å². The van der Waals surface area contributed by atoms with Gasteiger partial charge in [-0.3, -0.25) is 9.59 Å². The molecule has 0 saturated carbocycles. The van der Waals surface area contributed by atoms with E-state index in [1.54, 1.807) is 0 Å². The standard InChI is InChI=1S/C16H32O2.C11H20F3NO2/c1-2-3-4-5-6-7-8-9-10-11-12-13-14-15-16(17)18;1-8(2)9(10(16)17)4-7-15-6-3-5-11(12,13)14/h2-15H2,1H3,(H,17,18);8-9,15H,3-7H2,1-2H3,(H,16,17). The Balaban J connectivity index is 0. The highest BCUT2D eigenvalue weighted by atomic mass is 19.4. The van der Waals surface area contributed by atoms with Crippen LogP contribution in [-0.4, -0.2) is 41.4 Å². The van der Waals surface area contributed by atoms with Crippen LogP contribution in [0.25, 0.3) is 0 Å². The summed E-state index contributed by atoms with van der Waals surface area (Å²) < 4.78 is 35.4. The second-order valence-electron chi connectivity index (χ2n) is 9.83. The lowest BCUT2D eigenvalue weighted by Gasteiger charge is -2.16. The van der Waals surface area contributed by atoms with Crippen LogP contribution >= 0.6 is 0 Å². The average Bonchev–Trinajstić information content (AvgIpc) is 2.75. The molecule has 0 aliphatic heterocycles. The van der Waals surface area contributed by atoms with Crippen molar-refractivity contribution >= 4 is 11.9 Å². The van der Waals surface area contributed by atoms with Crippen LogP contribution < -0.4 is 5.32 Å². The summed E-state index contributed by atoms with van der Waals surface area (Å²) in [5, 5.41) is 20.2. The Kier molecular flexibility index (Phi) is 25.0. The number of carboxylic acid groups (broad SMARTS) is 2. The second-order valence-corrected chi connectivity index (χ2v) is 9.83. The van der Waals surface area contributed by atoms with Crippen molar-refractivity contribution in [3.63, 3.8) is 0 Å². The lowest BCUT2D eigenvalue weighted by atomic mass is 9.93. The van der Waals surface area contributed by atoms with E-state index in [2.05, 4.69) is 12.2 Å². The fourth-order valence-electron chi connectivity index (χ4n) is 3.83. The number of halogens is 3. The molecule has 1 atom stereocenters. The molecule has 0 spiro atoms. The minimum Gasteiger partial charge on any atom is -0.481 e. The number of unbranched alkanes of at least 4 members (excludes halogenated alkanes) is 12. The van der Waals surface area contributed by atoms with Gasteiger partial charge in [-0.2, -0.15) is 13.2 Å². The molecule has 0 bridgehead atoms. The molecule has 0 aliphatic carbocycles. The molecule has 8 heteroatoms. The van der Waals surface area contributed by atoms with E-state index in [9.17, 15) is 22.8 Å². The van der Waals surface area contributed by atoms with Crippen LogP contribution in [0.3, 0.4) is 0 Å². The average molecular weight is 512 g/mol. The van der Waals surface area contributed by atoms with Gasteiger partial charge in [-0.05, 0) is 38.3 Å². The highest BCUT2D eigenvalue weighted by Gasteiger charge is 2.26. The summed E-state index contributed by atoms with van der Waals surface area (Å²) in [5.74, 6) is -1.91. The molecular formula is C27H52F3NO4. The second kappa shape index (κ2) is 24.4. The van der Waals surface area contributed by atoms with Crippen LogP contribution in [0.15, 0.2) is 0 Å². The summed E-state index contributed by atoms with van der Waals surface area (Å²) in [6.45, 7) is 6.61. The molecule has 0 saturated heterocycles. The van der Waals surface area contributed by atoms with E-state index in [1.165, 1.54) is 70.6 Å². The highest BCUT2D eigenvalue weighted by Crippen LogP contribution is 2.20. The summed E-state index contributed by atoms with van der Waals surface area (Å²) >= 11 is 0. The Hall–Kier alpha value is -1.31. The number of hydrogen-bond donors (Lipinski definition) is 3. The lowest BCUT2D eigenvalue weighted by Crippen LogP contribution is -2.26. The Bertz CT molecular complexity index is 499. The van der Waals surface area contributed by atoms with Crippen molar-refractivity contribution in [1.82, 2.24) is 5.32 Å². The molecule has 0 fully saturated rings. The van der Waals surface area contributed by atoms with Crippen LogP contribution in [0.1, 0.15) is 130 Å². The normalized spacial score (nSPS) is 12.3. The van der Waals surface area contributed by atoms with E-state index in [0.717, 1.165) is 12.8 Å². The van der Waals surface area contributed by atoms with Gasteiger partial charge in [0.2, 0.25) is 0 Å². The van der Waals surface area contributed by atoms with Crippen LogP contribution in [0.4, 0.5) is 13.2 Å². The van der Waals surface area contributed by atoms with Crippen molar-refractivity contribution in [1.29, 1.82) is 0 Å². The number of alkyl halides is 3. The van der Waals surface area contributed by atoms with Crippen LogP contribution in [0.5, 0.6) is 0 Å². The number of carbonyl (C=O) groups is 2. The van der Waals surface area contributed by atoms with Crippen molar-refractivity contribution in [3.05, 3.63) is 0 Å². The maximum absolute atomic E-state index is 11.8. The van der Waals surface area contributed by atoms with E-state index >= 15 is 0 Å². The fraction of sp³-hybridized carbons (Fsp3) is 0.926. The summed E-state index contributed by atoms with van der Waals surface area (Å²) in [5.41, 5.74) is 0. The van der Waals surface area contributed by atoms with Gasteiger partial charge < -0.3 is 15.5 Å². The molecule has 0 amide bonds. The summed E-state index contributed by atoms with van der Waals surface area (Å²) in [6.07, 6.45) is 12.8. The number of hydrogen-bond acceptors (Lipinski definition) is 3. The topological polar surface area (TPSA) is 86.6 Å². The third-order valence-corrected chi connectivity index (χ3v) is 6.06. The lowest BCUT2D eigenvalue weighted by molar-refractivity contribution is -0.143. The first-order valence-corrected chi connectivity index (χ1v) is 13.7. The van der Waals surface area contributed by atoms with Gasteiger partial charge in [-0.1, -0.05) is 97.8 Å². The van der Waals surface area contributed by atoms with E-state index in [-0.39, 0.29) is 18.9 Å². The predicted octanol–water partition coefficient (Wildman–Crippen LogP) is 8.22. The molecule has 5 nitrogen and oxygen atoms in total. The maximum atomic E-state index is 11.8. The Morgan fingerprint density at radius 1 is 0.743 bits per heavy atom. The molecule has 3 N–H and O–H groups in total. The molecule has 0 heterocycles. The molecule has 0 aromatic rings. The van der Waals surface area contributed by atoms with Crippen molar-refractivity contribution in [2.75, 3.05) is 13.1 Å². The van der Waals surface area contributed by atoms with Gasteiger partial charge in [-0.25, -0.2) is 0 Å². The number of rotatable bonds is 22. The molecule has 0 radical (unpaired) electrons. The largest absolute Gasteiger partial charge is 0.481 e. The molecule has 0 aromatic carbocycles. The molecular weight excluding hydrogens is 459 g/mol. The quantitative estimate of drug-likeness (QED) is 0.127. The monoisotopic (exact) mass is 511 g/mol. The molecule has 210 valence electrons. The van der Waals surface area contributed by atoms with E-state index in [0.29, 0.717) is 19.4 Å². The molecule has 0 aromatic heterocycles. The summed E-state index contributed by atoms with van der Waals surface area (Å²) in [6, 6.07) is 0. The van der Waals surface area contributed by atoms with E-state index in [4.69, 9.17) is 10.2 Å². The van der Waals surface area contributed by atoms with Crippen LogP contribution in [0.2, 0.25) is 0 Å². The zero-order chi connectivity index (χ0) is 27.0. The van der Waals surface area contributed by atoms with E-state index < -0.39 is 30.5 Å². The zero-order valence-corrected chi connectivity index (χ0v) is 22.4. The van der Waals surface area contributed by atoms with Crippen molar-refractivity contribution in [3.8, 4) is 0 Å². The number of aliphatic carboxylic acids is 2. The first-order chi connectivity index (χ1) is 16.5. The fourth-order valence-corrected chi connectivity index (χ4v) is 3.83. The minimum absolute atomic E-state index is 0.0307. The highest BCUT2D eigenvalue weighted by molar-refractivity contribution is 5.70. The van der Waals surface area contributed by atoms with Gasteiger partial charge in [0, 0.05) is 12.8 Å².